The first-order valence-corrected chi connectivity index (χ1v) is 4.98. The van der Waals surface area contributed by atoms with Crippen molar-refractivity contribution in [3.63, 3.8) is 0 Å². The first-order chi connectivity index (χ1) is 6.84. The molecule has 0 aliphatic carbocycles. The standard InChI is InChI=1S/C11H15NO2/c12-9-4-3-5-10(8-9)14-11-6-1-2-7-13-11/h3-5,8,11H,1-2,6-7,12H2. The summed E-state index contributed by atoms with van der Waals surface area (Å²) < 4.78 is 11.1. The van der Waals surface area contributed by atoms with Gasteiger partial charge in [-0.3, -0.25) is 0 Å². The van der Waals surface area contributed by atoms with Crippen molar-refractivity contribution in [1.29, 1.82) is 0 Å². The zero-order chi connectivity index (χ0) is 9.80. The molecule has 76 valence electrons. The van der Waals surface area contributed by atoms with Gasteiger partial charge in [-0.15, -0.1) is 0 Å². The number of benzene rings is 1. The van der Waals surface area contributed by atoms with E-state index >= 15 is 0 Å². The van der Waals surface area contributed by atoms with E-state index in [0.717, 1.165) is 30.9 Å². The van der Waals surface area contributed by atoms with E-state index in [4.69, 9.17) is 15.2 Å². The number of hydrogen-bond donors (Lipinski definition) is 1. The fraction of sp³-hybridized carbons (Fsp3) is 0.455. The minimum atomic E-state index is -0.0921. The van der Waals surface area contributed by atoms with Crippen molar-refractivity contribution in [3.05, 3.63) is 24.3 Å². The monoisotopic (exact) mass is 193 g/mol. The summed E-state index contributed by atoms with van der Waals surface area (Å²) >= 11 is 0. The average molecular weight is 193 g/mol. The van der Waals surface area contributed by atoms with Crippen molar-refractivity contribution >= 4 is 5.69 Å². The largest absolute Gasteiger partial charge is 0.465 e. The van der Waals surface area contributed by atoms with Crippen molar-refractivity contribution in [2.75, 3.05) is 12.3 Å². The lowest BCUT2D eigenvalue weighted by molar-refractivity contribution is -0.105. The van der Waals surface area contributed by atoms with Gasteiger partial charge in [0, 0.05) is 18.2 Å². The fourth-order valence-electron chi connectivity index (χ4n) is 1.54. The summed E-state index contributed by atoms with van der Waals surface area (Å²) in [5.41, 5.74) is 6.36. The number of rotatable bonds is 2. The number of nitrogens with two attached hydrogens (primary N) is 1. The van der Waals surface area contributed by atoms with Crippen LogP contribution in [0.5, 0.6) is 5.75 Å². The lowest BCUT2D eigenvalue weighted by Gasteiger charge is -2.23. The molecule has 1 heterocycles. The Balaban J connectivity index is 1.95. The summed E-state index contributed by atoms with van der Waals surface area (Å²) in [6.45, 7) is 0.799. The van der Waals surface area contributed by atoms with Crippen molar-refractivity contribution in [2.24, 2.45) is 0 Å². The molecule has 1 fully saturated rings. The molecular weight excluding hydrogens is 178 g/mol. The van der Waals surface area contributed by atoms with Gasteiger partial charge in [0.25, 0.3) is 0 Å². The molecule has 1 saturated heterocycles. The summed E-state index contributed by atoms with van der Waals surface area (Å²) in [5, 5.41) is 0. The summed E-state index contributed by atoms with van der Waals surface area (Å²) in [4.78, 5) is 0. The van der Waals surface area contributed by atoms with Gasteiger partial charge in [0.1, 0.15) is 5.75 Å². The normalized spacial score (nSPS) is 21.9. The Morgan fingerprint density at radius 3 is 3.00 bits per heavy atom. The van der Waals surface area contributed by atoms with E-state index in [0.29, 0.717) is 0 Å². The molecule has 0 bridgehead atoms. The van der Waals surface area contributed by atoms with Gasteiger partial charge in [-0.05, 0) is 25.0 Å². The van der Waals surface area contributed by atoms with Crippen molar-refractivity contribution < 1.29 is 9.47 Å². The Kier molecular flexibility index (Phi) is 2.89. The first kappa shape index (κ1) is 9.34. The molecule has 1 aliphatic rings. The highest BCUT2D eigenvalue weighted by Gasteiger charge is 2.14. The molecule has 0 spiro atoms. The molecule has 2 N–H and O–H groups in total. The summed E-state index contributed by atoms with van der Waals surface area (Å²) in [7, 11) is 0. The summed E-state index contributed by atoms with van der Waals surface area (Å²) in [5.74, 6) is 0.789. The van der Waals surface area contributed by atoms with E-state index < -0.39 is 0 Å². The molecule has 1 aromatic rings. The van der Waals surface area contributed by atoms with Crippen LogP contribution in [-0.4, -0.2) is 12.9 Å². The predicted octanol–water partition coefficient (Wildman–Crippen LogP) is 2.17. The molecule has 0 aromatic heterocycles. The van der Waals surface area contributed by atoms with Gasteiger partial charge in [0.2, 0.25) is 0 Å². The van der Waals surface area contributed by atoms with E-state index in [2.05, 4.69) is 0 Å². The summed E-state index contributed by atoms with van der Waals surface area (Å²) in [6, 6.07) is 7.44. The van der Waals surface area contributed by atoms with Gasteiger partial charge < -0.3 is 15.2 Å². The van der Waals surface area contributed by atoms with Gasteiger partial charge in [-0.25, -0.2) is 0 Å². The molecule has 0 radical (unpaired) electrons. The van der Waals surface area contributed by atoms with E-state index in [1.54, 1.807) is 0 Å². The van der Waals surface area contributed by atoms with Crippen LogP contribution in [0.2, 0.25) is 0 Å². The highest BCUT2D eigenvalue weighted by molar-refractivity contribution is 5.43. The highest BCUT2D eigenvalue weighted by atomic mass is 16.7. The second-order valence-electron chi connectivity index (χ2n) is 3.49. The van der Waals surface area contributed by atoms with Crippen LogP contribution in [-0.2, 0) is 4.74 Å². The third-order valence-corrected chi connectivity index (χ3v) is 2.26. The summed E-state index contributed by atoms with van der Waals surface area (Å²) in [6.07, 6.45) is 3.18. The van der Waals surface area contributed by atoms with Crippen LogP contribution < -0.4 is 10.5 Å². The number of hydrogen-bond acceptors (Lipinski definition) is 3. The van der Waals surface area contributed by atoms with Crippen molar-refractivity contribution in [1.82, 2.24) is 0 Å². The molecule has 1 aromatic carbocycles. The quantitative estimate of drug-likeness (QED) is 0.732. The zero-order valence-electron chi connectivity index (χ0n) is 8.11. The molecule has 14 heavy (non-hydrogen) atoms. The van der Waals surface area contributed by atoms with Crippen LogP contribution in [0.3, 0.4) is 0 Å². The number of nitrogen functional groups attached to an aromatic ring is 1. The molecule has 2 rings (SSSR count). The van der Waals surface area contributed by atoms with Gasteiger partial charge in [0.05, 0.1) is 6.61 Å². The fourth-order valence-corrected chi connectivity index (χ4v) is 1.54. The van der Waals surface area contributed by atoms with Crippen LogP contribution >= 0.6 is 0 Å². The molecule has 1 atom stereocenters. The van der Waals surface area contributed by atoms with E-state index in [1.807, 2.05) is 24.3 Å². The molecular formula is C11H15NO2. The Morgan fingerprint density at radius 2 is 2.29 bits per heavy atom. The third kappa shape index (κ3) is 2.39. The van der Waals surface area contributed by atoms with Crippen LogP contribution in [0.4, 0.5) is 5.69 Å². The Labute approximate surface area is 83.8 Å². The molecule has 3 nitrogen and oxygen atoms in total. The van der Waals surface area contributed by atoms with Crippen LogP contribution in [0, 0.1) is 0 Å². The highest BCUT2D eigenvalue weighted by Crippen LogP contribution is 2.20. The van der Waals surface area contributed by atoms with Crippen LogP contribution in [0.15, 0.2) is 24.3 Å². The van der Waals surface area contributed by atoms with E-state index in [-0.39, 0.29) is 6.29 Å². The maximum Gasteiger partial charge on any atom is 0.199 e. The van der Waals surface area contributed by atoms with Gasteiger partial charge in [-0.1, -0.05) is 6.07 Å². The van der Waals surface area contributed by atoms with Crippen LogP contribution in [0.1, 0.15) is 19.3 Å². The smallest absolute Gasteiger partial charge is 0.199 e. The second-order valence-corrected chi connectivity index (χ2v) is 3.49. The molecule has 0 amide bonds. The average Bonchev–Trinajstić information content (AvgIpc) is 2.19. The maximum atomic E-state index is 5.64. The lowest BCUT2D eigenvalue weighted by Crippen LogP contribution is -2.24. The first-order valence-electron chi connectivity index (χ1n) is 4.98. The topological polar surface area (TPSA) is 44.5 Å². The molecule has 0 saturated carbocycles. The number of anilines is 1. The number of ether oxygens (including phenoxy) is 2. The van der Waals surface area contributed by atoms with Crippen LogP contribution in [0.25, 0.3) is 0 Å². The van der Waals surface area contributed by atoms with Gasteiger partial charge in [-0.2, -0.15) is 0 Å². The Bertz CT molecular complexity index is 295. The predicted molar refractivity (Wildman–Crippen MR) is 55.1 cm³/mol. The minimum absolute atomic E-state index is 0.0921. The molecule has 3 heteroatoms. The van der Waals surface area contributed by atoms with Crippen molar-refractivity contribution in [2.45, 2.75) is 25.6 Å². The van der Waals surface area contributed by atoms with Gasteiger partial charge in [0.15, 0.2) is 6.29 Å². The van der Waals surface area contributed by atoms with E-state index in [1.165, 1.54) is 6.42 Å². The molecule has 1 unspecified atom stereocenters. The second kappa shape index (κ2) is 4.33. The Morgan fingerprint density at radius 1 is 1.36 bits per heavy atom. The van der Waals surface area contributed by atoms with E-state index in [9.17, 15) is 0 Å². The van der Waals surface area contributed by atoms with Crippen molar-refractivity contribution in [3.8, 4) is 5.75 Å². The zero-order valence-corrected chi connectivity index (χ0v) is 8.11. The van der Waals surface area contributed by atoms with Gasteiger partial charge >= 0.3 is 0 Å². The minimum Gasteiger partial charge on any atom is -0.465 e. The SMILES string of the molecule is Nc1cccc(OC2CCCCO2)c1. The third-order valence-electron chi connectivity index (χ3n) is 2.26. The molecule has 1 aliphatic heterocycles. The lowest BCUT2D eigenvalue weighted by atomic mass is 10.2. The maximum absolute atomic E-state index is 5.64. The Hall–Kier alpha value is -1.22.